The van der Waals surface area contributed by atoms with Gasteiger partial charge in [-0.05, 0) is 29.8 Å². The molecule has 0 unspecified atom stereocenters. The Bertz CT molecular complexity index is 948. The fourth-order valence-electron chi connectivity index (χ4n) is 1.96. The van der Waals surface area contributed by atoms with Gasteiger partial charge in [0, 0.05) is 0 Å². The molecule has 0 saturated heterocycles. The maximum absolute atomic E-state index is 12.8. The maximum atomic E-state index is 12.8. The van der Waals surface area contributed by atoms with Crippen molar-refractivity contribution in [1.82, 2.24) is 15.4 Å². The summed E-state index contributed by atoms with van der Waals surface area (Å²) in [4.78, 5) is 30.3. The van der Waals surface area contributed by atoms with Crippen LogP contribution in [0.5, 0.6) is 0 Å². The number of para-hydroxylation sites is 1. The minimum Gasteiger partial charge on any atom is -0.302 e. The van der Waals surface area contributed by atoms with Gasteiger partial charge in [0.25, 0.3) is 5.56 Å². The quantitative estimate of drug-likeness (QED) is 0.571. The lowest BCUT2D eigenvalue weighted by molar-refractivity contribution is 0.0945. The number of nitrogens with zero attached hydrogens (tertiary/aromatic N) is 2. The number of H-pyrrole nitrogens is 1. The van der Waals surface area contributed by atoms with E-state index in [1.54, 1.807) is 24.3 Å². The van der Waals surface area contributed by atoms with Crippen LogP contribution in [0.2, 0.25) is 0 Å². The predicted molar refractivity (Wildman–Crippen MR) is 83.8 cm³/mol. The van der Waals surface area contributed by atoms with Crippen LogP contribution >= 0.6 is 0 Å². The van der Waals surface area contributed by atoms with Crippen molar-refractivity contribution < 1.29 is 9.18 Å². The highest BCUT2D eigenvalue weighted by atomic mass is 19.1. The molecule has 0 aliphatic carbocycles. The van der Waals surface area contributed by atoms with E-state index in [4.69, 9.17) is 0 Å². The number of hydrogen-bond acceptors (Lipinski definition) is 4. The minimum atomic E-state index is -0.647. The predicted octanol–water partition coefficient (Wildman–Crippen LogP) is 1.83. The molecule has 0 aliphatic rings. The van der Waals surface area contributed by atoms with Gasteiger partial charge in [-0.25, -0.2) is 14.8 Å². The van der Waals surface area contributed by atoms with Gasteiger partial charge in [-0.2, -0.15) is 5.10 Å². The number of aromatic nitrogens is 2. The molecule has 2 N–H and O–H groups in total. The average molecular weight is 310 g/mol. The Labute approximate surface area is 129 Å². The van der Waals surface area contributed by atoms with Gasteiger partial charge in [-0.3, -0.25) is 9.59 Å². The average Bonchev–Trinajstić information content (AvgIpc) is 2.56. The topological polar surface area (TPSA) is 87.2 Å². The van der Waals surface area contributed by atoms with Crippen molar-refractivity contribution in [3.05, 3.63) is 76.1 Å². The van der Waals surface area contributed by atoms with Gasteiger partial charge in [0.1, 0.15) is 5.82 Å². The number of hydrazone groups is 1. The Morgan fingerprint density at radius 3 is 2.70 bits per heavy atom. The summed E-state index contributed by atoms with van der Waals surface area (Å²) in [7, 11) is 0. The van der Waals surface area contributed by atoms with Gasteiger partial charge in [-0.15, -0.1) is 0 Å². The van der Waals surface area contributed by atoms with Crippen LogP contribution in [0.25, 0.3) is 10.9 Å². The van der Waals surface area contributed by atoms with Crippen molar-refractivity contribution >= 4 is 23.0 Å². The molecular weight excluding hydrogens is 299 g/mol. The molecule has 0 saturated carbocycles. The SMILES string of the molecule is O=C(N/N=C/c1ccc(F)cc1)c1nc2ccccc2c(=O)[nH]1. The van der Waals surface area contributed by atoms with E-state index in [0.29, 0.717) is 16.5 Å². The molecule has 3 aromatic rings. The smallest absolute Gasteiger partial charge is 0.302 e. The summed E-state index contributed by atoms with van der Waals surface area (Å²) in [5.41, 5.74) is 2.90. The highest BCUT2D eigenvalue weighted by Gasteiger charge is 2.10. The molecule has 1 aromatic heterocycles. The van der Waals surface area contributed by atoms with Crippen molar-refractivity contribution in [3.63, 3.8) is 0 Å². The van der Waals surface area contributed by atoms with E-state index in [-0.39, 0.29) is 11.6 Å². The van der Waals surface area contributed by atoms with Crippen LogP contribution in [0.3, 0.4) is 0 Å². The molecule has 0 fully saturated rings. The van der Waals surface area contributed by atoms with Crippen LogP contribution in [0.15, 0.2) is 58.4 Å². The van der Waals surface area contributed by atoms with E-state index < -0.39 is 11.5 Å². The number of hydrogen-bond donors (Lipinski definition) is 2. The molecular formula is C16H11FN4O2. The summed E-state index contributed by atoms with van der Waals surface area (Å²) in [5, 5.41) is 4.15. The summed E-state index contributed by atoms with van der Waals surface area (Å²) in [6.45, 7) is 0. The second-order valence-corrected chi connectivity index (χ2v) is 4.68. The fourth-order valence-corrected chi connectivity index (χ4v) is 1.96. The number of carbonyl (C=O) groups excluding carboxylic acids is 1. The molecule has 2 aromatic carbocycles. The van der Waals surface area contributed by atoms with Crippen LogP contribution in [0.4, 0.5) is 4.39 Å². The monoisotopic (exact) mass is 310 g/mol. The van der Waals surface area contributed by atoms with Gasteiger partial charge in [0.15, 0.2) is 0 Å². The van der Waals surface area contributed by atoms with E-state index in [1.165, 1.54) is 30.5 Å². The van der Waals surface area contributed by atoms with Crippen molar-refractivity contribution in [3.8, 4) is 0 Å². The summed E-state index contributed by atoms with van der Waals surface area (Å²) in [5.74, 6) is -1.14. The first-order valence-electron chi connectivity index (χ1n) is 6.71. The fraction of sp³-hybridized carbons (Fsp3) is 0. The molecule has 6 nitrogen and oxygen atoms in total. The third-order valence-electron chi connectivity index (χ3n) is 3.08. The van der Waals surface area contributed by atoms with Crippen LogP contribution in [0, 0.1) is 5.82 Å². The van der Waals surface area contributed by atoms with Crippen molar-refractivity contribution in [1.29, 1.82) is 0 Å². The van der Waals surface area contributed by atoms with Crippen LogP contribution in [-0.2, 0) is 0 Å². The zero-order valence-electron chi connectivity index (χ0n) is 11.8. The molecule has 1 heterocycles. The van der Waals surface area contributed by atoms with Gasteiger partial charge in [0.05, 0.1) is 17.1 Å². The number of halogens is 1. The van der Waals surface area contributed by atoms with E-state index in [1.807, 2.05) is 0 Å². The molecule has 23 heavy (non-hydrogen) atoms. The van der Waals surface area contributed by atoms with E-state index in [0.717, 1.165) is 0 Å². The Balaban J connectivity index is 1.78. The van der Waals surface area contributed by atoms with Gasteiger partial charge in [0.2, 0.25) is 5.82 Å². The molecule has 0 spiro atoms. The Kier molecular flexibility index (Phi) is 3.92. The molecule has 0 aliphatic heterocycles. The first-order chi connectivity index (χ1) is 11.1. The molecule has 7 heteroatoms. The third kappa shape index (κ3) is 3.29. The van der Waals surface area contributed by atoms with Crippen molar-refractivity contribution in [2.45, 2.75) is 0 Å². The lowest BCUT2D eigenvalue weighted by atomic mass is 10.2. The number of carbonyl (C=O) groups is 1. The first-order valence-corrected chi connectivity index (χ1v) is 6.71. The highest BCUT2D eigenvalue weighted by Crippen LogP contribution is 2.05. The van der Waals surface area contributed by atoms with Crippen LogP contribution in [-0.4, -0.2) is 22.1 Å². The summed E-state index contributed by atoms with van der Waals surface area (Å²) >= 11 is 0. The number of benzene rings is 2. The summed E-state index contributed by atoms with van der Waals surface area (Å²) in [6.07, 6.45) is 1.36. The second-order valence-electron chi connectivity index (χ2n) is 4.68. The van der Waals surface area contributed by atoms with Crippen molar-refractivity contribution in [2.75, 3.05) is 0 Å². The third-order valence-corrected chi connectivity index (χ3v) is 3.08. The Morgan fingerprint density at radius 1 is 1.17 bits per heavy atom. The molecule has 0 atom stereocenters. The first kappa shape index (κ1) is 14.6. The van der Waals surface area contributed by atoms with Gasteiger partial charge in [-0.1, -0.05) is 24.3 Å². The number of fused-ring (bicyclic) bond motifs is 1. The second kappa shape index (κ2) is 6.18. The Hall–Kier alpha value is -3.35. The standard InChI is InChI=1S/C16H11FN4O2/c17-11-7-5-10(6-8-11)9-18-21-16(23)14-19-13-4-2-1-3-12(13)15(22)20-14/h1-9H,(H,21,23)(H,19,20,22)/b18-9+. The van der Waals surface area contributed by atoms with Crippen LogP contribution < -0.4 is 11.0 Å². The molecule has 0 bridgehead atoms. The maximum Gasteiger partial charge on any atom is 0.307 e. The lowest BCUT2D eigenvalue weighted by Gasteiger charge is -2.01. The van der Waals surface area contributed by atoms with Crippen molar-refractivity contribution in [2.24, 2.45) is 5.10 Å². The van der Waals surface area contributed by atoms with Gasteiger partial charge >= 0.3 is 5.91 Å². The number of rotatable bonds is 3. The summed E-state index contributed by atoms with van der Waals surface area (Å²) < 4.78 is 12.8. The normalized spacial score (nSPS) is 11.0. The Morgan fingerprint density at radius 2 is 1.91 bits per heavy atom. The zero-order valence-corrected chi connectivity index (χ0v) is 11.8. The highest BCUT2D eigenvalue weighted by molar-refractivity contribution is 5.93. The zero-order chi connectivity index (χ0) is 16.2. The van der Waals surface area contributed by atoms with Gasteiger partial charge < -0.3 is 4.98 Å². The molecule has 1 amide bonds. The number of nitrogens with one attached hydrogen (secondary N) is 2. The molecule has 3 rings (SSSR count). The minimum absolute atomic E-state index is 0.134. The van der Waals surface area contributed by atoms with E-state index in [9.17, 15) is 14.0 Å². The lowest BCUT2D eigenvalue weighted by Crippen LogP contribution is -2.24. The molecule has 0 radical (unpaired) electrons. The number of amides is 1. The summed E-state index contributed by atoms with van der Waals surface area (Å²) in [6, 6.07) is 12.3. The molecule has 114 valence electrons. The van der Waals surface area contributed by atoms with E-state index in [2.05, 4.69) is 20.5 Å². The van der Waals surface area contributed by atoms with Crippen LogP contribution in [0.1, 0.15) is 16.2 Å². The van der Waals surface area contributed by atoms with E-state index >= 15 is 0 Å². The number of aromatic amines is 1. The largest absolute Gasteiger partial charge is 0.307 e.